The number of nitrogens with zero attached hydrogens (tertiary/aromatic N) is 1. The van der Waals surface area contributed by atoms with Crippen LogP contribution in [0.2, 0.25) is 5.02 Å². The summed E-state index contributed by atoms with van der Waals surface area (Å²) in [7, 11) is 0. The Morgan fingerprint density at radius 3 is 2.75 bits per heavy atom. The molecule has 2 aromatic carbocycles. The smallest absolute Gasteiger partial charge is 0.336 e. The molecule has 6 heteroatoms. The minimum Gasteiger partial charge on any atom is -0.424 e. The van der Waals surface area contributed by atoms with E-state index in [0.717, 1.165) is 0 Å². The maximum Gasteiger partial charge on any atom is 0.336 e. The zero-order valence-corrected chi connectivity index (χ0v) is 13.1. The van der Waals surface area contributed by atoms with Crippen LogP contribution in [-0.4, -0.2) is 5.91 Å². The summed E-state index contributed by atoms with van der Waals surface area (Å²) in [6.07, 6.45) is -0.00924. The molecule has 0 spiro atoms. The number of halogens is 1. The van der Waals surface area contributed by atoms with E-state index in [4.69, 9.17) is 22.6 Å². The van der Waals surface area contributed by atoms with Gasteiger partial charge in [-0.25, -0.2) is 9.64 Å². The van der Waals surface area contributed by atoms with Crippen molar-refractivity contribution in [2.75, 3.05) is 5.32 Å². The zero-order chi connectivity index (χ0) is 17.1. The highest BCUT2D eigenvalue weighted by molar-refractivity contribution is 6.33. The molecule has 0 bridgehead atoms. The summed E-state index contributed by atoms with van der Waals surface area (Å²) in [6, 6.07) is 13.0. The molecule has 0 saturated heterocycles. The van der Waals surface area contributed by atoms with Gasteiger partial charge in [0.2, 0.25) is 5.91 Å². The number of fused-ring (bicyclic) bond motifs is 1. The molecule has 1 heterocycles. The van der Waals surface area contributed by atoms with Crippen molar-refractivity contribution in [1.82, 2.24) is 0 Å². The number of para-hydroxylation sites is 1. The van der Waals surface area contributed by atoms with Crippen LogP contribution in [0, 0.1) is 6.57 Å². The zero-order valence-electron chi connectivity index (χ0n) is 12.4. The van der Waals surface area contributed by atoms with E-state index in [0.29, 0.717) is 27.3 Å². The van der Waals surface area contributed by atoms with Crippen LogP contribution in [0.25, 0.3) is 15.8 Å². The molecule has 0 saturated carbocycles. The Morgan fingerprint density at radius 2 is 2.00 bits per heavy atom. The lowest BCUT2D eigenvalue weighted by atomic mass is 10.1. The summed E-state index contributed by atoms with van der Waals surface area (Å²) in [5, 5.41) is 3.77. The third-order valence-electron chi connectivity index (χ3n) is 3.44. The van der Waals surface area contributed by atoms with E-state index in [9.17, 15) is 9.59 Å². The third-order valence-corrected chi connectivity index (χ3v) is 3.77. The van der Waals surface area contributed by atoms with Crippen LogP contribution in [0.1, 0.15) is 5.56 Å². The van der Waals surface area contributed by atoms with E-state index in [2.05, 4.69) is 10.2 Å². The van der Waals surface area contributed by atoms with Gasteiger partial charge in [-0.1, -0.05) is 35.9 Å². The largest absolute Gasteiger partial charge is 0.424 e. The standard InChI is InChI=1S/C18H11ClN2O3/c1-20-12-6-7-13-11(9-18(23)24-16(13)10-12)8-17(22)21-15-5-3-2-4-14(15)19/h2-7,9-10H,8H2,(H,21,22). The number of rotatable bonds is 3. The van der Waals surface area contributed by atoms with Crippen molar-refractivity contribution in [3.8, 4) is 0 Å². The van der Waals surface area contributed by atoms with Gasteiger partial charge in [0, 0.05) is 11.5 Å². The van der Waals surface area contributed by atoms with Crippen LogP contribution in [-0.2, 0) is 11.2 Å². The van der Waals surface area contributed by atoms with Gasteiger partial charge in [0.15, 0.2) is 5.69 Å². The van der Waals surface area contributed by atoms with Crippen LogP contribution in [0.15, 0.2) is 57.7 Å². The van der Waals surface area contributed by atoms with Gasteiger partial charge >= 0.3 is 5.63 Å². The lowest BCUT2D eigenvalue weighted by Gasteiger charge is -2.08. The van der Waals surface area contributed by atoms with E-state index in [1.165, 1.54) is 12.1 Å². The first-order valence-electron chi connectivity index (χ1n) is 7.05. The Balaban J connectivity index is 1.92. The molecule has 1 amide bonds. The molecule has 1 aromatic heterocycles. The van der Waals surface area contributed by atoms with Gasteiger partial charge in [-0.3, -0.25) is 4.79 Å². The monoisotopic (exact) mass is 338 g/mol. The SMILES string of the molecule is [C-]#[N+]c1ccc2c(CC(=O)Nc3ccccc3Cl)cc(=O)oc2c1. The van der Waals surface area contributed by atoms with Gasteiger partial charge in [-0.2, -0.15) is 0 Å². The van der Waals surface area contributed by atoms with Crippen LogP contribution in [0.4, 0.5) is 11.4 Å². The fraction of sp³-hybridized carbons (Fsp3) is 0.0556. The predicted octanol–water partition coefficient (Wildman–Crippen LogP) is 4.18. The van der Waals surface area contributed by atoms with Gasteiger partial charge in [0.25, 0.3) is 0 Å². The first-order valence-corrected chi connectivity index (χ1v) is 7.43. The highest BCUT2D eigenvalue weighted by Gasteiger charge is 2.12. The van der Waals surface area contributed by atoms with Crippen molar-refractivity contribution in [2.24, 2.45) is 0 Å². The molecule has 0 unspecified atom stereocenters. The van der Waals surface area contributed by atoms with Gasteiger partial charge in [0.05, 0.1) is 23.7 Å². The molecule has 118 valence electrons. The molecular formula is C18H11ClN2O3. The Bertz CT molecular complexity index is 1030. The Morgan fingerprint density at radius 1 is 1.21 bits per heavy atom. The molecule has 24 heavy (non-hydrogen) atoms. The maximum atomic E-state index is 12.3. The van der Waals surface area contributed by atoms with Gasteiger partial charge < -0.3 is 9.73 Å². The minimum absolute atomic E-state index is 0.00924. The highest BCUT2D eigenvalue weighted by Crippen LogP contribution is 2.24. The molecule has 0 aliphatic rings. The fourth-order valence-electron chi connectivity index (χ4n) is 2.36. The second kappa shape index (κ2) is 6.57. The summed E-state index contributed by atoms with van der Waals surface area (Å²) in [5.41, 5.74) is 1.12. The number of anilines is 1. The summed E-state index contributed by atoms with van der Waals surface area (Å²) in [6.45, 7) is 7.01. The number of carbonyl (C=O) groups is 1. The Labute approximate surface area is 142 Å². The molecule has 3 aromatic rings. The first-order chi connectivity index (χ1) is 11.6. The number of carbonyl (C=O) groups excluding carboxylic acids is 1. The molecule has 0 aliphatic heterocycles. The number of nitrogens with one attached hydrogen (secondary N) is 1. The lowest BCUT2D eigenvalue weighted by molar-refractivity contribution is -0.115. The van der Waals surface area contributed by atoms with Gasteiger partial charge in [-0.15, -0.1) is 0 Å². The molecule has 5 nitrogen and oxygen atoms in total. The Kier molecular flexibility index (Phi) is 4.32. The molecule has 1 N–H and O–H groups in total. The van der Waals surface area contributed by atoms with E-state index in [1.807, 2.05) is 0 Å². The number of hydrogen-bond donors (Lipinski definition) is 1. The molecule has 0 atom stereocenters. The molecular weight excluding hydrogens is 328 g/mol. The quantitative estimate of drug-likeness (QED) is 0.575. The maximum absolute atomic E-state index is 12.3. The van der Waals surface area contributed by atoms with E-state index < -0.39 is 5.63 Å². The van der Waals surface area contributed by atoms with Crippen LogP contribution >= 0.6 is 11.6 Å². The van der Waals surface area contributed by atoms with Crippen LogP contribution in [0.3, 0.4) is 0 Å². The van der Waals surface area contributed by atoms with Crippen molar-refractivity contribution in [3.05, 3.63) is 81.0 Å². The summed E-state index contributed by atoms with van der Waals surface area (Å²) < 4.78 is 5.11. The predicted molar refractivity (Wildman–Crippen MR) is 92.5 cm³/mol. The normalized spacial score (nSPS) is 10.3. The topological polar surface area (TPSA) is 63.7 Å². The first kappa shape index (κ1) is 15.8. The molecule has 0 aliphatic carbocycles. The van der Waals surface area contributed by atoms with Crippen molar-refractivity contribution >= 4 is 39.9 Å². The second-order valence-electron chi connectivity index (χ2n) is 5.09. The Hall–Kier alpha value is -3.10. The molecule has 0 fully saturated rings. The van der Waals surface area contributed by atoms with Crippen molar-refractivity contribution in [3.63, 3.8) is 0 Å². The average Bonchev–Trinajstić information content (AvgIpc) is 2.56. The fourth-order valence-corrected chi connectivity index (χ4v) is 2.55. The van der Waals surface area contributed by atoms with E-state index in [1.54, 1.807) is 36.4 Å². The summed E-state index contributed by atoms with van der Waals surface area (Å²) in [4.78, 5) is 27.3. The van der Waals surface area contributed by atoms with E-state index >= 15 is 0 Å². The summed E-state index contributed by atoms with van der Waals surface area (Å²) >= 11 is 6.02. The number of amides is 1. The lowest BCUT2D eigenvalue weighted by Crippen LogP contribution is -2.16. The molecule has 3 rings (SSSR count). The van der Waals surface area contributed by atoms with Crippen LogP contribution < -0.4 is 10.9 Å². The van der Waals surface area contributed by atoms with Gasteiger partial charge in [-0.05, 0) is 23.8 Å². The minimum atomic E-state index is -0.565. The second-order valence-corrected chi connectivity index (χ2v) is 5.49. The average molecular weight is 339 g/mol. The van der Waals surface area contributed by atoms with Crippen molar-refractivity contribution in [2.45, 2.75) is 6.42 Å². The highest BCUT2D eigenvalue weighted by atomic mass is 35.5. The van der Waals surface area contributed by atoms with Crippen molar-refractivity contribution in [1.29, 1.82) is 0 Å². The van der Waals surface area contributed by atoms with Crippen molar-refractivity contribution < 1.29 is 9.21 Å². The molecule has 0 radical (unpaired) electrons. The summed E-state index contributed by atoms with van der Waals surface area (Å²) in [5.74, 6) is -0.302. The third kappa shape index (κ3) is 3.29. The van der Waals surface area contributed by atoms with Crippen LogP contribution in [0.5, 0.6) is 0 Å². The number of benzene rings is 2. The van der Waals surface area contributed by atoms with Gasteiger partial charge in [0.1, 0.15) is 5.58 Å². The number of hydrogen-bond acceptors (Lipinski definition) is 3. The van der Waals surface area contributed by atoms with E-state index in [-0.39, 0.29) is 17.9 Å².